The van der Waals surface area contributed by atoms with E-state index in [2.05, 4.69) is 20.4 Å². The number of nitrogens with one attached hydrogen (secondary N) is 1. The Morgan fingerprint density at radius 1 is 1.19 bits per heavy atom. The van der Waals surface area contributed by atoms with Gasteiger partial charge in [0.15, 0.2) is 11.6 Å². The van der Waals surface area contributed by atoms with Crippen molar-refractivity contribution in [2.45, 2.75) is 32.1 Å². The number of anilines is 1. The number of benzene rings is 1. The fourth-order valence-electron chi connectivity index (χ4n) is 3.16. The molecule has 4 rings (SSSR count). The minimum Gasteiger partial charge on any atom is -0.308 e. The average Bonchev–Trinajstić information content (AvgIpc) is 3.27. The van der Waals surface area contributed by atoms with Gasteiger partial charge in [0.2, 0.25) is 5.91 Å². The number of nitrogens with zero attached hydrogens (tertiary/aromatic N) is 4. The van der Waals surface area contributed by atoms with Crippen molar-refractivity contribution in [3.8, 4) is 5.82 Å². The topological polar surface area (TPSA) is 72.7 Å². The minimum absolute atomic E-state index is 0.233. The van der Waals surface area contributed by atoms with Crippen LogP contribution >= 0.6 is 0 Å². The molecule has 0 unspecified atom stereocenters. The van der Waals surface area contributed by atoms with Crippen LogP contribution in [0.4, 0.5) is 10.2 Å². The third-order valence-electron chi connectivity index (χ3n) is 4.59. The van der Waals surface area contributed by atoms with Crippen LogP contribution in [0.25, 0.3) is 5.82 Å². The molecule has 2 aromatic heterocycles. The van der Waals surface area contributed by atoms with Gasteiger partial charge in [0.25, 0.3) is 0 Å². The van der Waals surface area contributed by atoms with Gasteiger partial charge in [0.05, 0.1) is 5.41 Å². The third-order valence-corrected chi connectivity index (χ3v) is 4.59. The summed E-state index contributed by atoms with van der Waals surface area (Å²) in [6.45, 7) is 3.70. The van der Waals surface area contributed by atoms with Gasteiger partial charge in [0, 0.05) is 29.6 Å². The van der Waals surface area contributed by atoms with Gasteiger partial charge in [-0.05, 0) is 32.8 Å². The Morgan fingerprint density at radius 3 is 2.65 bits per heavy atom. The van der Waals surface area contributed by atoms with Crippen molar-refractivity contribution in [1.29, 1.82) is 0 Å². The first-order chi connectivity index (χ1) is 12.5. The van der Waals surface area contributed by atoms with Crippen molar-refractivity contribution in [2.75, 3.05) is 5.32 Å². The van der Waals surface area contributed by atoms with Gasteiger partial charge < -0.3 is 5.32 Å². The number of aryl methyl sites for hydroxylation is 2. The number of hydrogen-bond donors (Lipinski definition) is 1. The molecular weight excluding hydrogens is 333 g/mol. The first-order valence-corrected chi connectivity index (χ1v) is 8.43. The largest absolute Gasteiger partial charge is 0.308 e. The molecule has 1 aromatic carbocycles. The summed E-state index contributed by atoms with van der Waals surface area (Å²) in [5.41, 5.74) is 0.487. The number of amides is 1. The molecule has 3 aromatic rings. The molecule has 1 N–H and O–H groups in total. The van der Waals surface area contributed by atoms with Crippen molar-refractivity contribution >= 4 is 11.7 Å². The lowest BCUT2D eigenvalue weighted by atomic mass is 9.94. The maximum atomic E-state index is 14.1. The lowest BCUT2D eigenvalue weighted by Gasteiger charge is -2.15. The van der Waals surface area contributed by atoms with Crippen molar-refractivity contribution in [1.82, 2.24) is 19.7 Å². The maximum Gasteiger partial charge on any atom is 0.236 e. The lowest BCUT2D eigenvalue weighted by molar-refractivity contribution is -0.118. The molecule has 1 saturated carbocycles. The summed E-state index contributed by atoms with van der Waals surface area (Å²) >= 11 is 0. The standard InChI is InChI=1S/C19H18FN5O/c1-12-11-17(22-13(2)21-12)25-10-7-16(24-25)23-18(26)19(8-9-19)14-5-3-4-6-15(14)20/h3-7,10-11H,8-9H2,1-2H3,(H,23,24,26). The molecule has 7 heteroatoms. The zero-order valence-corrected chi connectivity index (χ0v) is 14.5. The number of halogens is 1. The summed E-state index contributed by atoms with van der Waals surface area (Å²) in [6.07, 6.45) is 2.98. The summed E-state index contributed by atoms with van der Waals surface area (Å²) < 4.78 is 15.7. The van der Waals surface area contributed by atoms with E-state index in [-0.39, 0.29) is 11.7 Å². The maximum absolute atomic E-state index is 14.1. The van der Waals surface area contributed by atoms with E-state index >= 15 is 0 Å². The predicted octanol–water partition coefficient (Wildman–Crippen LogP) is 3.09. The monoisotopic (exact) mass is 351 g/mol. The van der Waals surface area contributed by atoms with E-state index in [9.17, 15) is 9.18 Å². The van der Waals surface area contributed by atoms with Gasteiger partial charge in [0.1, 0.15) is 11.6 Å². The Hall–Kier alpha value is -3.09. The van der Waals surface area contributed by atoms with Crippen LogP contribution in [0.2, 0.25) is 0 Å². The zero-order valence-electron chi connectivity index (χ0n) is 14.5. The molecule has 132 valence electrons. The average molecular weight is 351 g/mol. The highest BCUT2D eigenvalue weighted by atomic mass is 19.1. The van der Waals surface area contributed by atoms with E-state index in [1.165, 1.54) is 6.07 Å². The van der Waals surface area contributed by atoms with Gasteiger partial charge in [-0.15, -0.1) is 5.10 Å². The Morgan fingerprint density at radius 2 is 1.96 bits per heavy atom. The van der Waals surface area contributed by atoms with Crippen LogP contribution in [0, 0.1) is 19.7 Å². The molecule has 0 atom stereocenters. The van der Waals surface area contributed by atoms with E-state index in [0.717, 1.165) is 5.69 Å². The van der Waals surface area contributed by atoms with E-state index < -0.39 is 5.41 Å². The number of rotatable bonds is 4. The van der Waals surface area contributed by atoms with Crippen molar-refractivity contribution in [2.24, 2.45) is 0 Å². The van der Waals surface area contributed by atoms with E-state index in [0.29, 0.717) is 35.9 Å². The molecule has 1 amide bonds. The molecule has 0 saturated heterocycles. The molecule has 0 bridgehead atoms. The summed E-state index contributed by atoms with van der Waals surface area (Å²) in [6, 6.07) is 9.94. The van der Waals surface area contributed by atoms with Crippen LogP contribution in [0.15, 0.2) is 42.6 Å². The highest BCUT2D eigenvalue weighted by Gasteiger charge is 2.52. The SMILES string of the molecule is Cc1cc(-n2ccc(NC(=O)C3(c4ccccc4F)CC3)n2)nc(C)n1. The second-order valence-corrected chi connectivity index (χ2v) is 6.58. The molecule has 1 aliphatic carbocycles. The molecular formula is C19H18FN5O. The van der Waals surface area contributed by atoms with Crippen LogP contribution < -0.4 is 5.32 Å². The molecule has 1 fully saturated rings. The summed E-state index contributed by atoms with van der Waals surface area (Å²) in [5.74, 6) is 1.11. The Kier molecular flexibility index (Phi) is 3.79. The van der Waals surface area contributed by atoms with Gasteiger partial charge in [-0.1, -0.05) is 18.2 Å². The predicted molar refractivity (Wildman–Crippen MR) is 94.6 cm³/mol. The van der Waals surface area contributed by atoms with E-state index in [1.807, 2.05) is 19.9 Å². The van der Waals surface area contributed by atoms with Crippen molar-refractivity contribution in [3.63, 3.8) is 0 Å². The summed E-state index contributed by atoms with van der Waals surface area (Å²) in [7, 11) is 0. The normalized spacial score (nSPS) is 14.9. The molecule has 26 heavy (non-hydrogen) atoms. The lowest BCUT2D eigenvalue weighted by Crippen LogP contribution is -2.29. The van der Waals surface area contributed by atoms with Gasteiger partial charge >= 0.3 is 0 Å². The number of hydrogen-bond acceptors (Lipinski definition) is 4. The highest BCUT2D eigenvalue weighted by molar-refractivity contribution is 6.00. The molecule has 0 aliphatic heterocycles. The van der Waals surface area contributed by atoms with E-state index in [1.54, 1.807) is 35.1 Å². The van der Waals surface area contributed by atoms with Crippen LogP contribution in [0.1, 0.15) is 29.9 Å². The van der Waals surface area contributed by atoms with Crippen LogP contribution in [-0.2, 0) is 10.2 Å². The first kappa shape index (κ1) is 16.4. The Balaban J connectivity index is 1.56. The van der Waals surface area contributed by atoms with Crippen molar-refractivity contribution < 1.29 is 9.18 Å². The Labute approximate surface area is 150 Å². The molecule has 6 nitrogen and oxygen atoms in total. The third kappa shape index (κ3) is 2.85. The molecule has 1 aliphatic rings. The fraction of sp³-hybridized carbons (Fsp3) is 0.263. The minimum atomic E-state index is -0.794. The quantitative estimate of drug-likeness (QED) is 0.784. The molecule has 0 spiro atoms. The number of carbonyl (C=O) groups excluding carboxylic acids is 1. The first-order valence-electron chi connectivity index (χ1n) is 8.43. The zero-order chi connectivity index (χ0) is 18.3. The molecule has 2 heterocycles. The second kappa shape index (κ2) is 6.01. The molecule has 0 radical (unpaired) electrons. The number of aromatic nitrogens is 4. The van der Waals surface area contributed by atoms with Gasteiger partial charge in [-0.2, -0.15) is 0 Å². The van der Waals surface area contributed by atoms with Gasteiger partial charge in [-0.3, -0.25) is 4.79 Å². The smallest absolute Gasteiger partial charge is 0.236 e. The van der Waals surface area contributed by atoms with Crippen LogP contribution in [0.5, 0.6) is 0 Å². The highest BCUT2D eigenvalue weighted by Crippen LogP contribution is 2.49. The fourth-order valence-corrected chi connectivity index (χ4v) is 3.16. The Bertz CT molecular complexity index is 973. The number of carbonyl (C=O) groups is 1. The van der Waals surface area contributed by atoms with Crippen LogP contribution in [0.3, 0.4) is 0 Å². The van der Waals surface area contributed by atoms with Gasteiger partial charge in [-0.25, -0.2) is 19.0 Å². The summed E-state index contributed by atoms with van der Waals surface area (Å²) in [5, 5.41) is 7.17. The van der Waals surface area contributed by atoms with Crippen molar-refractivity contribution in [3.05, 3.63) is 65.5 Å². The second-order valence-electron chi connectivity index (χ2n) is 6.58. The van der Waals surface area contributed by atoms with E-state index in [4.69, 9.17) is 0 Å². The van der Waals surface area contributed by atoms with Crippen LogP contribution in [-0.4, -0.2) is 25.7 Å². The summed E-state index contributed by atoms with van der Waals surface area (Å²) in [4.78, 5) is 21.3.